The third-order valence-corrected chi connectivity index (χ3v) is 3.84. The van der Waals surface area contributed by atoms with Crippen molar-refractivity contribution in [3.63, 3.8) is 0 Å². The van der Waals surface area contributed by atoms with E-state index in [1.807, 2.05) is 0 Å². The highest BCUT2D eigenvalue weighted by atomic mass is 19.4. The number of fused-ring (bicyclic) bond motifs is 1. The second kappa shape index (κ2) is 5.20. The molecule has 7 heteroatoms. The Morgan fingerprint density at radius 1 is 1.43 bits per heavy atom. The first-order valence-corrected chi connectivity index (χ1v) is 6.64. The van der Waals surface area contributed by atoms with Gasteiger partial charge in [-0.2, -0.15) is 13.2 Å². The number of H-pyrrole nitrogens is 1. The molecule has 0 radical (unpaired) electrons. The van der Waals surface area contributed by atoms with E-state index in [1.165, 1.54) is 7.05 Å². The predicted octanol–water partition coefficient (Wildman–Crippen LogP) is 2.56. The summed E-state index contributed by atoms with van der Waals surface area (Å²) < 4.78 is 36.7. The number of nitrogens with one attached hydrogen (secondary N) is 1. The minimum atomic E-state index is -4.30. The van der Waals surface area contributed by atoms with Crippen LogP contribution in [0.3, 0.4) is 0 Å². The number of ketones is 1. The van der Waals surface area contributed by atoms with Gasteiger partial charge in [0.25, 0.3) is 0 Å². The number of carbonyl (C=O) groups is 2. The van der Waals surface area contributed by atoms with Crippen LogP contribution in [0.1, 0.15) is 35.8 Å². The molecule has 1 aliphatic rings. The zero-order valence-electron chi connectivity index (χ0n) is 11.9. The fraction of sp³-hybridized carbons (Fsp3) is 0.571. The van der Waals surface area contributed by atoms with Crippen molar-refractivity contribution in [2.45, 2.75) is 32.4 Å². The van der Waals surface area contributed by atoms with E-state index in [4.69, 9.17) is 0 Å². The number of aromatic amines is 1. The molecule has 1 unspecified atom stereocenters. The molecule has 1 aromatic heterocycles. The topological polar surface area (TPSA) is 53.2 Å². The lowest BCUT2D eigenvalue weighted by Gasteiger charge is -2.35. The van der Waals surface area contributed by atoms with Gasteiger partial charge in [0, 0.05) is 43.9 Å². The monoisotopic (exact) mass is 302 g/mol. The van der Waals surface area contributed by atoms with Crippen LogP contribution in [0.15, 0.2) is 12.3 Å². The maximum atomic E-state index is 12.4. The molecule has 2 rings (SSSR count). The summed E-state index contributed by atoms with van der Waals surface area (Å²) in [6.45, 7) is 1.23. The summed E-state index contributed by atoms with van der Waals surface area (Å²) in [6.07, 6.45) is -3.37. The number of carbonyl (C=O) groups excluding carboxylic acids is 2. The number of halogens is 3. The smallest absolute Gasteiger partial charge is 0.364 e. The summed E-state index contributed by atoms with van der Waals surface area (Å²) in [4.78, 5) is 28.4. The minimum absolute atomic E-state index is 0.0209. The van der Waals surface area contributed by atoms with Gasteiger partial charge in [-0.25, -0.2) is 0 Å². The average molecular weight is 302 g/mol. The first-order chi connectivity index (χ1) is 9.62. The summed E-state index contributed by atoms with van der Waals surface area (Å²) >= 11 is 0. The molecule has 116 valence electrons. The molecule has 0 saturated heterocycles. The first-order valence-electron chi connectivity index (χ1n) is 6.64. The van der Waals surface area contributed by atoms with E-state index in [9.17, 15) is 22.8 Å². The number of hydrogen-bond donors (Lipinski definition) is 1. The SMILES string of the molecule is CN(CCC(F)(F)F)C(=O)C1(C)CC(=O)c2cc[nH]c2C1. The Balaban J connectivity index is 2.10. The van der Waals surface area contributed by atoms with Crippen molar-refractivity contribution in [2.24, 2.45) is 5.41 Å². The van der Waals surface area contributed by atoms with Crippen molar-refractivity contribution in [2.75, 3.05) is 13.6 Å². The first kappa shape index (κ1) is 15.6. The summed E-state index contributed by atoms with van der Waals surface area (Å²) in [7, 11) is 1.34. The van der Waals surface area contributed by atoms with Gasteiger partial charge in [-0.15, -0.1) is 0 Å². The second-order valence-electron chi connectivity index (χ2n) is 5.80. The molecule has 1 aromatic rings. The third kappa shape index (κ3) is 3.28. The van der Waals surface area contributed by atoms with Crippen LogP contribution in [-0.2, 0) is 11.2 Å². The van der Waals surface area contributed by atoms with Gasteiger partial charge in [0.05, 0.1) is 11.8 Å². The van der Waals surface area contributed by atoms with Crippen LogP contribution in [0.25, 0.3) is 0 Å². The van der Waals surface area contributed by atoms with Gasteiger partial charge in [0.15, 0.2) is 5.78 Å². The van der Waals surface area contributed by atoms with Gasteiger partial charge in [0.2, 0.25) is 5.91 Å². The molecule has 1 aliphatic carbocycles. The minimum Gasteiger partial charge on any atom is -0.364 e. The highest BCUT2D eigenvalue weighted by Gasteiger charge is 2.43. The Kier molecular flexibility index (Phi) is 3.86. The lowest BCUT2D eigenvalue weighted by atomic mass is 9.73. The largest absolute Gasteiger partial charge is 0.390 e. The fourth-order valence-corrected chi connectivity index (χ4v) is 2.72. The molecular formula is C14H17F3N2O2. The van der Waals surface area contributed by atoms with Crippen molar-refractivity contribution in [1.82, 2.24) is 9.88 Å². The molecule has 4 nitrogen and oxygen atoms in total. The van der Waals surface area contributed by atoms with E-state index in [0.717, 1.165) is 4.90 Å². The lowest BCUT2D eigenvalue weighted by Crippen LogP contribution is -2.45. The Morgan fingerprint density at radius 3 is 2.71 bits per heavy atom. The molecule has 1 amide bonds. The van der Waals surface area contributed by atoms with Gasteiger partial charge < -0.3 is 9.88 Å². The van der Waals surface area contributed by atoms with Crippen molar-refractivity contribution in [3.8, 4) is 0 Å². The summed E-state index contributed by atoms with van der Waals surface area (Å²) in [5.41, 5.74) is 0.250. The number of Topliss-reactive ketones (excluding diaryl/α,β-unsaturated/α-hetero) is 1. The van der Waals surface area contributed by atoms with E-state index in [2.05, 4.69) is 4.98 Å². The molecule has 1 N–H and O–H groups in total. The maximum Gasteiger partial charge on any atom is 0.390 e. The lowest BCUT2D eigenvalue weighted by molar-refractivity contribution is -0.149. The van der Waals surface area contributed by atoms with Gasteiger partial charge in [0.1, 0.15) is 0 Å². The number of amides is 1. The van der Waals surface area contributed by atoms with Crippen LogP contribution in [0.5, 0.6) is 0 Å². The molecule has 0 bridgehead atoms. The zero-order chi connectivity index (χ0) is 15.8. The van der Waals surface area contributed by atoms with E-state index in [1.54, 1.807) is 19.2 Å². The molecule has 0 saturated carbocycles. The normalized spacial score (nSPS) is 22.0. The van der Waals surface area contributed by atoms with Crippen LogP contribution >= 0.6 is 0 Å². The standard InChI is InChI=1S/C14H17F3N2O2/c1-13(12(21)19(2)6-4-14(15,16)17)7-10-9(3-5-18-10)11(20)8-13/h3,5,18H,4,6-8H2,1-2H3. The van der Waals surface area contributed by atoms with Crippen LogP contribution in [0, 0.1) is 5.41 Å². The van der Waals surface area contributed by atoms with E-state index in [-0.39, 0.29) is 12.2 Å². The van der Waals surface area contributed by atoms with Crippen LogP contribution in [0.2, 0.25) is 0 Å². The van der Waals surface area contributed by atoms with Crippen molar-refractivity contribution >= 4 is 11.7 Å². The Morgan fingerprint density at radius 2 is 2.10 bits per heavy atom. The molecule has 0 spiro atoms. The van der Waals surface area contributed by atoms with E-state index < -0.39 is 30.5 Å². The molecule has 1 atom stereocenters. The Hall–Kier alpha value is -1.79. The quantitative estimate of drug-likeness (QED) is 0.933. The number of hydrogen-bond acceptors (Lipinski definition) is 2. The summed E-state index contributed by atoms with van der Waals surface area (Å²) in [6, 6.07) is 1.66. The molecule has 0 aliphatic heterocycles. The van der Waals surface area contributed by atoms with Gasteiger partial charge in [-0.05, 0) is 13.0 Å². The second-order valence-corrected chi connectivity index (χ2v) is 5.80. The van der Waals surface area contributed by atoms with Crippen molar-refractivity contribution < 1.29 is 22.8 Å². The predicted molar refractivity (Wildman–Crippen MR) is 69.9 cm³/mol. The number of aromatic nitrogens is 1. The fourth-order valence-electron chi connectivity index (χ4n) is 2.72. The average Bonchev–Trinajstić information content (AvgIpc) is 2.82. The number of alkyl halides is 3. The number of rotatable bonds is 3. The maximum absolute atomic E-state index is 12.4. The Bertz CT molecular complexity index is 565. The van der Waals surface area contributed by atoms with E-state index >= 15 is 0 Å². The van der Waals surface area contributed by atoms with Gasteiger partial charge >= 0.3 is 6.18 Å². The third-order valence-electron chi connectivity index (χ3n) is 3.84. The highest BCUT2D eigenvalue weighted by molar-refractivity contribution is 6.02. The number of nitrogens with zero attached hydrogens (tertiary/aromatic N) is 1. The molecule has 1 heterocycles. The summed E-state index contributed by atoms with van der Waals surface area (Å²) in [5, 5.41) is 0. The summed E-state index contributed by atoms with van der Waals surface area (Å²) in [5.74, 6) is -0.585. The van der Waals surface area contributed by atoms with Crippen molar-refractivity contribution in [1.29, 1.82) is 0 Å². The molecule has 0 fully saturated rings. The van der Waals surface area contributed by atoms with E-state index in [0.29, 0.717) is 17.7 Å². The van der Waals surface area contributed by atoms with Crippen LogP contribution in [0.4, 0.5) is 13.2 Å². The van der Waals surface area contributed by atoms with Crippen LogP contribution < -0.4 is 0 Å². The van der Waals surface area contributed by atoms with Crippen molar-refractivity contribution in [3.05, 3.63) is 23.5 Å². The van der Waals surface area contributed by atoms with Crippen LogP contribution in [-0.4, -0.2) is 41.3 Å². The zero-order valence-corrected chi connectivity index (χ0v) is 11.9. The molecule has 0 aromatic carbocycles. The molecular weight excluding hydrogens is 285 g/mol. The highest BCUT2D eigenvalue weighted by Crippen LogP contribution is 2.36. The van der Waals surface area contributed by atoms with Gasteiger partial charge in [-0.1, -0.05) is 0 Å². The van der Waals surface area contributed by atoms with Gasteiger partial charge in [-0.3, -0.25) is 9.59 Å². The Labute approximate surface area is 120 Å². The molecule has 21 heavy (non-hydrogen) atoms.